The molecule has 0 fully saturated rings. The van der Waals surface area contributed by atoms with Crippen LogP contribution < -0.4 is 5.32 Å². The van der Waals surface area contributed by atoms with E-state index in [9.17, 15) is 0 Å². The molecule has 4 heteroatoms. The zero-order valence-electron chi connectivity index (χ0n) is 11.7. The largest absolute Gasteiger partial charge is 0.314 e. The first-order valence-corrected chi connectivity index (χ1v) is 7.93. The Morgan fingerprint density at radius 2 is 1.84 bits per heavy atom. The summed E-state index contributed by atoms with van der Waals surface area (Å²) in [6, 6.07) is 8.72. The summed E-state index contributed by atoms with van der Waals surface area (Å²) in [7, 11) is 1.93. The molecule has 0 amide bonds. The van der Waals surface area contributed by atoms with E-state index >= 15 is 0 Å². The molecule has 1 aromatic heterocycles. The van der Waals surface area contributed by atoms with E-state index < -0.39 is 0 Å². The van der Waals surface area contributed by atoms with Crippen LogP contribution in [0.1, 0.15) is 32.0 Å². The summed E-state index contributed by atoms with van der Waals surface area (Å²) in [5, 5.41) is 4.20. The van der Waals surface area contributed by atoms with Crippen LogP contribution in [-0.4, -0.2) is 12.0 Å². The number of benzene rings is 1. The molecule has 0 aliphatic heterocycles. The quantitative estimate of drug-likeness (QED) is 0.885. The lowest BCUT2D eigenvalue weighted by molar-refractivity contribution is 0.590. The van der Waals surface area contributed by atoms with Crippen molar-refractivity contribution in [1.29, 1.82) is 0 Å². The monoisotopic (exact) mass is 338 g/mol. The van der Waals surface area contributed by atoms with E-state index in [4.69, 9.17) is 0 Å². The minimum absolute atomic E-state index is 0.194. The third-order valence-corrected chi connectivity index (χ3v) is 4.87. The Bertz CT molecular complexity index is 553. The second-order valence-corrected chi connectivity index (χ2v) is 7.91. The number of aromatic nitrogens is 1. The summed E-state index contributed by atoms with van der Waals surface area (Å²) in [6.07, 6.45) is 0. The normalized spacial score (nSPS) is 11.8. The smallest absolute Gasteiger partial charge is 0.124 e. The molecule has 0 bridgehead atoms. The zero-order chi connectivity index (χ0) is 14.0. The Balaban J connectivity index is 2.30. The van der Waals surface area contributed by atoms with Gasteiger partial charge in [-0.05, 0) is 34.0 Å². The summed E-state index contributed by atoms with van der Waals surface area (Å²) in [5.41, 5.74) is 3.80. The molecule has 1 N–H and O–H groups in total. The first-order chi connectivity index (χ1) is 8.91. The minimum atomic E-state index is 0.194. The molecule has 0 atom stereocenters. The molecule has 0 spiro atoms. The Labute approximate surface area is 127 Å². The predicted molar refractivity (Wildman–Crippen MR) is 86.7 cm³/mol. The van der Waals surface area contributed by atoms with Crippen LogP contribution in [0.2, 0.25) is 0 Å². The van der Waals surface area contributed by atoms with E-state index in [0.29, 0.717) is 0 Å². The van der Waals surface area contributed by atoms with Crippen LogP contribution in [0.25, 0.3) is 10.6 Å². The topological polar surface area (TPSA) is 24.9 Å². The Morgan fingerprint density at radius 1 is 1.21 bits per heavy atom. The van der Waals surface area contributed by atoms with Crippen LogP contribution in [0.3, 0.4) is 0 Å². The predicted octanol–water partition coefficient (Wildman–Crippen LogP) is 4.59. The van der Waals surface area contributed by atoms with Crippen LogP contribution in [-0.2, 0) is 12.0 Å². The van der Waals surface area contributed by atoms with Crippen molar-refractivity contribution in [3.05, 3.63) is 39.3 Å². The highest BCUT2D eigenvalue weighted by molar-refractivity contribution is 9.11. The molecule has 0 aliphatic carbocycles. The number of nitrogens with one attached hydrogen (secondary N) is 1. The van der Waals surface area contributed by atoms with E-state index in [0.717, 1.165) is 21.0 Å². The molecule has 0 unspecified atom stereocenters. The van der Waals surface area contributed by atoms with Crippen molar-refractivity contribution < 1.29 is 0 Å². The van der Waals surface area contributed by atoms with Gasteiger partial charge in [-0.15, -0.1) is 11.3 Å². The van der Waals surface area contributed by atoms with Crippen molar-refractivity contribution in [1.82, 2.24) is 10.3 Å². The van der Waals surface area contributed by atoms with Gasteiger partial charge in [0.2, 0.25) is 0 Å². The van der Waals surface area contributed by atoms with Crippen molar-refractivity contribution in [2.75, 3.05) is 7.05 Å². The fraction of sp³-hybridized carbons (Fsp3) is 0.400. The van der Waals surface area contributed by atoms with Crippen LogP contribution in [0.15, 0.2) is 28.1 Å². The summed E-state index contributed by atoms with van der Waals surface area (Å²) in [4.78, 5) is 4.67. The van der Waals surface area contributed by atoms with Crippen molar-refractivity contribution in [2.45, 2.75) is 32.7 Å². The highest BCUT2D eigenvalue weighted by Gasteiger charge is 2.14. The van der Waals surface area contributed by atoms with E-state index in [1.54, 1.807) is 11.3 Å². The average molecular weight is 339 g/mol. The molecule has 0 saturated heterocycles. The van der Waals surface area contributed by atoms with Crippen molar-refractivity contribution in [3.63, 3.8) is 0 Å². The number of nitrogens with zero attached hydrogens (tertiary/aromatic N) is 1. The van der Waals surface area contributed by atoms with Gasteiger partial charge in [0, 0.05) is 12.1 Å². The van der Waals surface area contributed by atoms with Gasteiger partial charge in [0.1, 0.15) is 5.01 Å². The van der Waals surface area contributed by atoms with Gasteiger partial charge in [-0.2, -0.15) is 0 Å². The number of hydrogen-bond donors (Lipinski definition) is 1. The lowest BCUT2D eigenvalue weighted by atomic mass is 9.87. The minimum Gasteiger partial charge on any atom is -0.314 e. The lowest BCUT2D eigenvalue weighted by Crippen LogP contribution is -2.10. The summed E-state index contributed by atoms with van der Waals surface area (Å²) < 4.78 is 1.11. The molecule has 0 saturated carbocycles. The van der Waals surface area contributed by atoms with Gasteiger partial charge in [0.25, 0.3) is 0 Å². The van der Waals surface area contributed by atoms with E-state index in [1.807, 2.05) is 7.05 Å². The van der Waals surface area contributed by atoms with Crippen molar-refractivity contribution in [3.8, 4) is 10.6 Å². The number of halogens is 1. The van der Waals surface area contributed by atoms with Gasteiger partial charge in [0.15, 0.2) is 0 Å². The summed E-state index contributed by atoms with van der Waals surface area (Å²) in [5.74, 6) is 0. The molecule has 2 aromatic rings. The van der Waals surface area contributed by atoms with Crippen LogP contribution in [0.4, 0.5) is 0 Å². The SMILES string of the molecule is CNCc1nc(-c2ccc(C(C)(C)C)cc2)sc1Br. The van der Waals surface area contributed by atoms with Gasteiger partial charge >= 0.3 is 0 Å². The zero-order valence-corrected chi connectivity index (χ0v) is 14.2. The Morgan fingerprint density at radius 3 is 2.37 bits per heavy atom. The molecule has 0 radical (unpaired) electrons. The third kappa shape index (κ3) is 3.44. The highest BCUT2D eigenvalue weighted by Crippen LogP contribution is 2.33. The van der Waals surface area contributed by atoms with Gasteiger partial charge in [0.05, 0.1) is 9.48 Å². The van der Waals surface area contributed by atoms with Crippen LogP contribution >= 0.6 is 27.3 Å². The van der Waals surface area contributed by atoms with Gasteiger partial charge in [-0.1, -0.05) is 45.0 Å². The van der Waals surface area contributed by atoms with E-state index in [1.165, 1.54) is 11.1 Å². The second-order valence-electron chi connectivity index (χ2n) is 5.60. The number of rotatable bonds is 3. The van der Waals surface area contributed by atoms with Gasteiger partial charge in [-0.3, -0.25) is 0 Å². The highest BCUT2D eigenvalue weighted by atomic mass is 79.9. The van der Waals surface area contributed by atoms with Gasteiger partial charge < -0.3 is 5.32 Å². The maximum Gasteiger partial charge on any atom is 0.124 e. The summed E-state index contributed by atoms with van der Waals surface area (Å²) in [6.45, 7) is 7.48. The maximum atomic E-state index is 4.67. The molecule has 19 heavy (non-hydrogen) atoms. The molecule has 102 valence electrons. The Hall–Kier alpha value is -0.710. The number of hydrogen-bond acceptors (Lipinski definition) is 3. The fourth-order valence-corrected chi connectivity index (χ4v) is 3.35. The summed E-state index contributed by atoms with van der Waals surface area (Å²) >= 11 is 5.26. The molecular weight excluding hydrogens is 320 g/mol. The molecule has 2 rings (SSSR count). The maximum absolute atomic E-state index is 4.67. The van der Waals surface area contributed by atoms with Gasteiger partial charge in [-0.25, -0.2) is 4.98 Å². The van der Waals surface area contributed by atoms with E-state index in [2.05, 4.69) is 71.3 Å². The molecule has 1 aromatic carbocycles. The van der Waals surface area contributed by atoms with Crippen LogP contribution in [0.5, 0.6) is 0 Å². The average Bonchev–Trinajstić information content (AvgIpc) is 2.71. The number of thiazole rings is 1. The molecular formula is C15H19BrN2S. The molecule has 2 nitrogen and oxygen atoms in total. The fourth-order valence-electron chi connectivity index (χ4n) is 1.85. The third-order valence-electron chi connectivity index (χ3n) is 2.99. The van der Waals surface area contributed by atoms with Crippen molar-refractivity contribution in [2.24, 2.45) is 0 Å². The lowest BCUT2D eigenvalue weighted by Gasteiger charge is -2.18. The second kappa shape index (κ2) is 5.73. The van der Waals surface area contributed by atoms with E-state index in [-0.39, 0.29) is 5.41 Å². The first-order valence-electron chi connectivity index (χ1n) is 6.32. The Kier molecular flexibility index (Phi) is 4.43. The van der Waals surface area contributed by atoms with Crippen molar-refractivity contribution >= 4 is 27.3 Å². The molecule has 1 heterocycles. The molecule has 0 aliphatic rings. The van der Waals surface area contributed by atoms with Crippen LogP contribution in [0, 0.1) is 0 Å². The first kappa shape index (κ1) is 14.7. The standard InChI is InChI=1S/C15H19BrN2S/c1-15(2,3)11-7-5-10(6-8-11)14-18-12(9-17-4)13(16)19-14/h5-8,17H,9H2,1-4H3.